The van der Waals surface area contributed by atoms with Gasteiger partial charge in [-0.2, -0.15) is 0 Å². The number of hydrogen-bond acceptors (Lipinski definition) is 4. The molecule has 1 aliphatic rings. The molecule has 1 saturated heterocycles. The summed E-state index contributed by atoms with van der Waals surface area (Å²) in [5.74, 6) is -0.0611. The van der Waals surface area contributed by atoms with Crippen molar-refractivity contribution < 1.29 is 13.2 Å². The van der Waals surface area contributed by atoms with Crippen LogP contribution in [0.2, 0.25) is 0 Å². The molecule has 0 bridgehead atoms. The Morgan fingerprint density at radius 3 is 2.76 bits per heavy atom. The van der Waals surface area contributed by atoms with Crippen LogP contribution in [0.5, 0.6) is 0 Å². The van der Waals surface area contributed by atoms with Crippen LogP contribution in [0.4, 0.5) is 5.69 Å². The summed E-state index contributed by atoms with van der Waals surface area (Å²) in [6, 6.07) is 6.27. The number of benzene rings is 1. The monoisotopic (exact) mass is 311 g/mol. The van der Waals surface area contributed by atoms with E-state index in [1.54, 1.807) is 12.1 Å². The molecule has 3 N–H and O–H groups in total. The molecule has 0 aliphatic carbocycles. The lowest BCUT2D eigenvalue weighted by Crippen LogP contribution is -2.37. The third-order valence-electron chi connectivity index (χ3n) is 4.07. The number of carbonyl (C=O) groups is 1. The molecular weight excluding hydrogens is 290 g/mol. The number of anilines is 1. The lowest BCUT2D eigenvalue weighted by molar-refractivity contribution is -0.124. The summed E-state index contributed by atoms with van der Waals surface area (Å²) in [7, 11) is -2.15. The van der Waals surface area contributed by atoms with Crippen molar-refractivity contribution in [3.63, 3.8) is 0 Å². The SMILES string of the molecule is CCC1(C(=O)Nc2cccc(S(=O)(=O)NC)c2)CCNC1. The molecule has 1 fully saturated rings. The molecular formula is C14H21N3O3S. The first-order valence-corrected chi connectivity index (χ1v) is 8.48. The maximum atomic E-state index is 12.5. The molecule has 21 heavy (non-hydrogen) atoms. The smallest absolute Gasteiger partial charge is 0.240 e. The van der Waals surface area contributed by atoms with Gasteiger partial charge in [0.05, 0.1) is 10.3 Å². The first kappa shape index (κ1) is 15.9. The Balaban J connectivity index is 2.20. The third kappa shape index (κ3) is 3.25. The Labute approximate surface area is 125 Å². The predicted octanol–water partition coefficient (Wildman–Crippen LogP) is 0.923. The maximum Gasteiger partial charge on any atom is 0.240 e. The van der Waals surface area contributed by atoms with E-state index in [9.17, 15) is 13.2 Å². The van der Waals surface area contributed by atoms with Gasteiger partial charge in [-0.05, 0) is 44.6 Å². The normalized spacial score (nSPS) is 22.2. The standard InChI is InChI=1S/C14H21N3O3S/c1-3-14(7-8-16-10-14)13(18)17-11-5-4-6-12(9-11)21(19,20)15-2/h4-6,9,15-16H,3,7-8,10H2,1-2H3,(H,17,18). The first-order chi connectivity index (χ1) is 9.93. The van der Waals surface area contributed by atoms with Crippen LogP contribution in [-0.4, -0.2) is 34.5 Å². The van der Waals surface area contributed by atoms with Crippen LogP contribution < -0.4 is 15.4 Å². The molecule has 116 valence electrons. The van der Waals surface area contributed by atoms with Crippen molar-refractivity contribution in [3.8, 4) is 0 Å². The number of sulfonamides is 1. The first-order valence-electron chi connectivity index (χ1n) is 6.99. The second kappa shape index (κ2) is 6.13. The van der Waals surface area contributed by atoms with E-state index in [0.717, 1.165) is 19.4 Å². The fraction of sp³-hybridized carbons (Fsp3) is 0.500. The van der Waals surface area contributed by atoms with Gasteiger partial charge in [0, 0.05) is 12.2 Å². The van der Waals surface area contributed by atoms with Gasteiger partial charge in [0.25, 0.3) is 0 Å². The van der Waals surface area contributed by atoms with Crippen molar-refractivity contribution in [1.29, 1.82) is 0 Å². The fourth-order valence-corrected chi connectivity index (χ4v) is 3.30. The molecule has 1 aromatic rings. The largest absolute Gasteiger partial charge is 0.326 e. The summed E-state index contributed by atoms with van der Waals surface area (Å²) in [4.78, 5) is 12.6. The summed E-state index contributed by atoms with van der Waals surface area (Å²) < 4.78 is 25.8. The van der Waals surface area contributed by atoms with E-state index in [1.807, 2.05) is 6.92 Å². The summed E-state index contributed by atoms with van der Waals surface area (Å²) in [5.41, 5.74) is 0.0915. The van der Waals surface area contributed by atoms with E-state index in [1.165, 1.54) is 19.2 Å². The third-order valence-corrected chi connectivity index (χ3v) is 5.49. The Bertz CT molecular complexity index is 622. The van der Waals surface area contributed by atoms with Gasteiger partial charge in [0.2, 0.25) is 15.9 Å². The van der Waals surface area contributed by atoms with Crippen molar-refractivity contribution in [2.24, 2.45) is 5.41 Å². The molecule has 0 aromatic heterocycles. The van der Waals surface area contributed by atoms with Gasteiger partial charge in [0.15, 0.2) is 0 Å². The molecule has 0 spiro atoms. The van der Waals surface area contributed by atoms with Crippen LogP contribution in [-0.2, 0) is 14.8 Å². The Kier molecular flexibility index (Phi) is 4.65. The zero-order valence-electron chi connectivity index (χ0n) is 12.3. The number of amides is 1. The number of carbonyl (C=O) groups excluding carboxylic acids is 1. The summed E-state index contributed by atoms with van der Waals surface area (Å²) in [6.45, 7) is 3.48. The van der Waals surface area contributed by atoms with Gasteiger partial charge in [-0.15, -0.1) is 0 Å². The Hall–Kier alpha value is -1.44. The van der Waals surface area contributed by atoms with Gasteiger partial charge < -0.3 is 10.6 Å². The molecule has 1 atom stereocenters. The van der Waals surface area contributed by atoms with Gasteiger partial charge >= 0.3 is 0 Å². The van der Waals surface area contributed by atoms with Gasteiger partial charge in [-0.3, -0.25) is 4.79 Å². The second-order valence-corrected chi connectivity index (χ2v) is 7.14. The average molecular weight is 311 g/mol. The summed E-state index contributed by atoms with van der Waals surface area (Å²) >= 11 is 0. The molecule has 1 unspecified atom stereocenters. The summed E-state index contributed by atoms with van der Waals surface area (Å²) in [5, 5.41) is 6.05. The molecule has 1 aliphatic heterocycles. The maximum absolute atomic E-state index is 12.5. The zero-order chi connectivity index (χ0) is 15.5. The van der Waals surface area contributed by atoms with Gasteiger partial charge in [0.1, 0.15) is 0 Å². The van der Waals surface area contributed by atoms with E-state index < -0.39 is 15.4 Å². The second-order valence-electron chi connectivity index (χ2n) is 5.25. The highest BCUT2D eigenvalue weighted by molar-refractivity contribution is 7.89. The van der Waals surface area contributed by atoms with Crippen molar-refractivity contribution >= 4 is 21.6 Å². The van der Waals surface area contributed by atoms with Crippen LogP contribution >= 0.6 is 0 Å². The van der Waals surface area contributed by atoms with E-state index in [2.05, 4.69) is 15.4 Å². The molecule has 1 aromatic carbocycles. The lowest BCUT2D eigenvalue weighted by atomic mass is 9.83. The van der Waals surface area contributed by atoms with Crippen molar-refractivity contribution in [1.82, 2.24) is 10.0 Å². The lowest BCUT2D eigenvalue weighted by Gasteiger charge is -2.25. The average Bonchev–Trinajstić information content (AvgIpc) is 2.97. The quantitative estimate of drug-likeness (QED) is 0.755. The Morgan fingerprint density at radius 2 is 2.19 bits per heavy atom. The van der Waals surface area contributed by atoms with E-state index in [0.29, 0.717) is 12.2 Å². The van der Waals surface area contributed by atoms with Crippen molar-refractivity contribution in [2.45, 2.75) is 24.7 Å². The topological polar surface area (TPSA) is 87.3 Å². The number of rotatable bonds is 5. The van der Waals surface area contributed by atoms with Crippen LogP contribution in [0.3, 0.4) is 0 Å². The van der Waals surface area contributed by atoms with Gasteiger partial charge in [-0.25, -0.2) is 13.1 Å². The van der Waals surface area contributed by atoms with E-state index in [-0.39, 0.29) is 10.8 Å². The van der Waals surface area contributed by atoms with Crippen LogP contribution in [0.1, 0.15) is 19.8 Å². The van der Waals surface area contributed by atoms with Crippen LogP contribution in [0, 0.1) is 5.41 Å². The number of hydrogen-bond donors (Lipinski definition) is 3. The minimum Gasteiger partial charge on any atom is -0.326 e. The minimum absolute atomic E-state index is 0.0611. The summed E-state index contributed by atoms with van der Waals surface area (Å²) in [6.07, 6.45) is 1.55. The van der Waals surface area contributed by atoms with Crippen LogP contribution in [0.15, 0.2) is 29.2 Å². The highest BCUT2D eigenvalue weighted by atomic mass is 32.2. The molecule has 2 rings (SSSR count). The highest BCUT2D eigenvalue weighted by Crippen LogP contribution is 2.31. The molecule has 6 nitrogen and oxygen atoms in total. The highest BCUT2D eigenvalue weighted by Gasteiger charge is 2.39. The zero-order valence-corrected chi connectivity index (χ0v) is 13.1. The predicted molar refractivity (Wildman–Crippen MR) is 81.5 cm³/mol. The molecule has 7 heteroatoms. The minimum atomic E-state index is -3.51. The fourth-order valence-electron chi connectivity index (χ4n) is 2.52. The van der Waals surface area contributed by atoms with E-state index in [4.69, 9.17) is 0 Å². The van der Waals surface area contributed by atoms with Crippen molar-refractivity contribution in [3.05, 3.63) is 24.3 Å². The molecule has 1 heterocycles. The number of nitrogens with one attached hydrogen (secondary N) is 3. The van der Waals surface area contributed by atoms with Gasteiger partial charge in [-0.1, -0.05) is 13.0 Å². The molecule has 0 radical (unpaired) electrons. The van der Waals surface area contributed by atoms with E-state index >= 15 is 0 Å². The Morgan fingerprint density at radius 1 is 1.43 bits per heavy atom. The molecule has 0 saturated carbocycles. The van der Waals surface area contributed by atoms with Crippen LogP contribution in [0.25, 0.3) is 0 Å². The van der Waals surface area contributed by atoms with Crippen molar-refractivity contribution in [2.75, 3.05) is 25.5 Å². The molecule has 1 amide bonds.